The molecule has 0 aromatic carbocycles. The van der Waals surface area contributed by atoms with Gasteiger partial charge in [-0.25, -0.2) is 0 Å². The fraction of sp³-hybridized carbons (Fsp3) is 0.875. The van der Waals surface area contributed by atoms with E-state index in [9.17, 15) is 9.59 Å². The summed E-state index contributed by atoms with van der Waals surface area (Å²) in [5.41, 5.74) is 0. The minimum atomic E-state index is -0.702. The zero-order chi connectivity index (χ0) is 14.5. The van der Waals surface area contributed by atoms with Crippen LogP contribution in [0.2, 0.25) is 0 Å². The third kappa shape index (κ3) is 15.1. The van der Waals surface area contributed by atoms with E-state index >= 15 is 0 Å². The van der Waals surface area contributed by atoms with Crippen molar-refractivity contribution in [2.24, 2.45) is 5.92 Å². The molecule has 0 heterocycles. The first-order valence-corrected chi connectivity index (χ1v) is 7.76. The second-order valence-corrected chi connectivity index (χ2v) is 5.84. The van der Waals surface area contributed by atoms with Crippen molar-refractivity contribution in [2.45, 2.75) is 84.5 Å². The Bertz CT molecular complexity index is 246. The SMILES string of the molecule is CC(C)CCCC(=O)CCCCCCCCC(=O)O. The normalized spacial score (nSPS) is 10.9. The van der Waals surface area contributed by atoms with Crippen LogP contribution in [-0.2, 0) is 9.59 Å². The van der Waals surface area contributed by atoms with Crippen molar-refractivity contribution in [2.75, 3.05) is 0 Å². The predicted molar refractivity (Wildman–Crippen MR) is 78.3 cm³/mol. The van der Waals surface area contributed by atoms with E-state index in [4.69, 9.17) is 5.11 Å². The van der Waals surface area contributed by atoms with E-state index in [1.54, 1.807) is 0 Å². The first-order valence-electron chi connectivity index (χ1n) is 7.76. The highest BCUT2D eigenvalue weighted by Gasteiger charge is 2.03. The molecule has 112 valence electrons. The summed E-state index contributed by atoms with van der Waals surface area (Å²) in [6.45, 7) is 4.38. The van der Waals surface area contributed by atoms with E-state index in [1.807, 2.05) is 0 Å². The highest BCUT2D eigenvalue weighted by atomic mass is 16.4. The van der Waals surface area contributed by atoms with Gasteiger partial charge in [-0.15, -0.1) is 0 Å². The van der Waals surface area contributed by atoms with Crippen LogP contribution < -0.4 is 0 Å². The minimum absolute atomic E-state index is 0.286. The monoisotopic (exact) mass is 270 g/mol. The van der Waals surface area contributed by atoms with E-state index in [0.29, 0.717) is 11.7 Å². The van der Waals surface area contributed by atoms with Crippen molar-refractivity contribution >= 4 is 11.8 Å². The number of ketones is 1. The van der Waals surface area contributed by atoms with Crippen LogP contribution in [0.15, 0.2) is 0 Å². The van der Waals surface area contributed by atoms with Gasteiger partial charge in [0.25, 0.3) is 0 Å². The largest absolute Gasteiger partial charge is 0.481 e. The van der Waals surface area contributed by atoms with Crippen molar-refractivity contribution in [1.29, 1.82) is 0 Å². The molecule has 0 aliphatic carbocycles. The Labute approximate surface area is 117 Å². The maximum atomic E-state index is 11.6. The quantitative estimate of drug-likeness (QED) is 0.498. The molecule has 0 spiro atoms. The van der Waals surface area contributed by atoms with Gasteiger partial charge >= 0.3 is 5.97 Å². The van der Waals surface area contributed by atoms with Gasteiger partial charge in [0.1, 0.15) is 5.78 Å². The van der Waals surface area contributed by atoms with Crippen molar-refractivity contribution in [3.05, 3.63) is 0 Å². The molecule has 0 bridgehead atoms. The molecule has 3 heteroatoms. The van der Waals surface area contributed by atoms with Gasteiger partial charge in [-0.1, -0.05) is 46.0 Å². The Kier molecular flexibility index (Phi) is 11.6. The smallest absolute Gasteiger partial charge is 0.303 e. The molecule has 0 fully saturated rings. The molecule has 0 rings (SSSR count). The molecular formula is C16H30O3. The molecule has 19 heavy (non-hydrogen) atoms. The molecule has 0 saturated heterocycles. The van der Waals surface area contributed by atoms with Gasteiger partial charge in [0, 0.05) is 19.3 Å². The number of carbonyl (C=O) groups excluding carboxylic acids is 1. The molecule has 0 amide bonds. The number of hydrogen-bond acceptors (Lipinski definition) is 2. The average Bonchev–Trinajstić information content (AvgIpc) is 2.31. The van der Waals surface area contributed by atoms with Gasteiger partial charge in [0.2, 0.25) is 0 Å². The maximum Gasteiger partial charge on any atom is 0.303 e. The first-order chi connectivity index (χ1) is 9.02. The Hall–Kier alpha value is -0.860. The molecule has 0 saturated carbocycles. The molecule has 0 radical (unpaired) electrons. The van der Waals surface area contributed by atoms with E-state index in [0.717, 1.165) is 64.2 Å². The number of carboxylic acids is 1. The number of unbranched alkanes of at least 4 members (excludes halogenated alkanes) is 5. The fourth-order valence-electron chi connectivity index (χ4n) is 2.14. The zero-order valence-corrected chi connectivity index (χ0v) is 12.6. The maximum absolute atomic E-state index is 11.6. The summed E-state index contributed by atoms with van der Waals surface area (Å²) in [5, 5.41) is 8.48. The van der Waals surface area contributed by atoms with E-state index in [1.165, 1.54) is 0 Å². The van der Waals surface area contributed by atoms with Crippen molar-refractivity contribution in [3.63, 3.8) is 0 Å². The molecule has 3 nitrogen and oxygen atoms in total. The van der Waals surface area contributed by atoms with Crippen LogP contribution in [-0.4, -0.2) is 16.9 Å². The number of Topliss-reactive ketones (excluding diaryl/α,β-unsaturated/α-hetero) is 1. The third-order valence-electron chi connectivity index (χ3n) is 3.33. The average molecular weight is 270 g/mol. The van der Waals surface area contributed by atoms with E-state index in [-0.39, 0.29) is 6.42 Å². The van der Waals surface area contributed by atoms with Crippen LogP contribution in [0.4, 0.5) is 0 Å². The van der Waals surface area contributed by atoms with Gasteiger partial charge in [-0.05, 0) is 25.2 Å². The lowest BCUT2D eigenvalue weighted by molar-refractivity contribution is -0.137. The Balaban J connectivity index is 3.20. The Morgan fingerprint density at radius 1 is 0.789 bits per heavy atom. The molecule has 0 aliphatic heterocycles. The summed E-state index contributed by atoms with van der Waals surface area (Å²) in [6.07, 6.45) is 10.0. The topological polar surface area (TPSA) is 54.4 Å². The molecular weight excluding hydrogens is 240 g/mol. The standard InChI is InChI=1S/C16H30O3/c1-14(2)10-9-12-15(17)11-7-5-3-4-6-8-13-16(18)19/h14H,3-13H2,1-2H3,(H,18,19). The van der Waals surface area contributed by atoms with Crippen LogP contribution in [0.25, 0.3) is 0 Å². The summed E-state index contributed by atoms with van der Waals surface area (Å²) in [6, 6.07) is 0. The second kappa shape index (κ2) is 12.2. The van der Waals surface area contributed by atoms with Gasteiger partial charge in [0.15, 0.2) is 0 Å². The first kappa shape index (κ1) is 18.1. The highest BCUT2D eigenvalue weighted by Crippen LogP contribution is 2.11. The Morgan fingerprint density at radius 3 is 1.79 bits per heavy atom. The van der Waals surface area contributed by atoms with Gasteiger partial charge < -0.3 is 5.11 Å². The summed E-state index contributed by atoms with van der Waals surface area (Å²) in [4.78, 5) is 21.9. The fourth-order valence-corrected chi connectivity index (χ4v) is 2.14. The molecule has 0 unspecified atom stereocenters. The highest BCUT2D eigenvalue weighted by molar-refractivity contribution is 5.78. The lowest BCUT2D eigenvalue weighted by Gasteiger charge is -2.04. The summed E-state index contributed by atoms with van der Waals surface area (Å²) in [7, 11) is 0. The van der Waals surface area contributed by atoms with Crippen molar-refractivity contribution < 1.29 is 14.7 Å². The van der Waals surface area contributed by atoms with Crippen LogP contribution in [0.3, 0.4) is 0 Å². The van der Waals surface area contributed by atoms with Crippen LogP contribution >= 0.6 is 0 Å². The van der Waals surface area contributed by atoms with E-state index < -0.39 is 5.97 Å². The predicted octanol–water partition coefficient (Wildman–Crippen LogP) is 4.59. The van der Waals surface area contributed by atoms with Gasteiger partial charge in [-0.2, -0.15) is 0 Å². The molecule has 0 aromatic heterocycles. The Morgan fingerprint density at radius 2 is 1.26 bits per heavy atom. The molecule has 1 N–H and O–H groups in total. The van der Waals surface area contributed by atoms with Crippen molar-refractivity contribution in [1.82, 2.24) is 0 Å². The van der Waals surface area contributed by atoms with Crippen LogP contribution in [0, 0.1) is 5.92 Å². The number of hydrogen-bond donors (Lipinski definition) is 1. The van der Waals surface area contributed by atoms with Crippen LogP contribution in [0.1, 0.15) is 84.5 Å². The summed E-state index contributed by atoms with van der Waals surface area (Å²) >= 11 is 0. The number of carbonyl (C=O) groups is 2. The molecule has 0 aromatic rings. The third-order valence-corrected chi connectivity index (χ3v) is 3.33. The number of rotatable bonds is 13. The second-order valence-electron chi connectivity index (χ2n) is 5.84. The summed E-state index contributed by atoms with van der Waals surface area (Å²) in [5.74, 6) is 0.400. The van der Waals surface area contributed by atoms with Gasteiger partial charge in [0.05, 0.1) is 0 Å². The lowest BCUT2D eigenvalue weighted by atomic mass is 10.0. The number of carboxylic acid groups (broad SMARTS) is 1. The lowest BCUT2D eigenvalue weighted by Crippen LogP contribution is -1.99. The molecule has 0 aliphatic rings. The summed E-state index contributed by atoms with van der Waals surface area (Å²) < 4.78 is 0. The van der Waals surface area contributed by atoms with Gasteiger partial charge in [-0.3, -0.25) is 9.59 Å². The zero-order valence-electron chi connectivity index (χ0n) is 12.6. The number of aliphatic carboxylic acids is 1. The van der Waals surface area contributed by atoms with E-state index in [2.05, 4.69) is 13.8 Å². The van der Waals surface area contributed by atoms with Crippen molar-refractivity contribution in [3.8, 4) is 0 Å². The minimum Gasteiger partial charge on any atom is -0.481 e. The molecule has 0 atom stereocenters. The van der Waals surface area contributed by atoms with Crippen LogP contribution in [0.5, 0.6) is 0 Å².